The number of aliphatic hydroxyl groups excluding tert-OH is 1. The van der Waals surface area contributed by atoms with Crippen molar-refractivity contribution in [1.82, 2.24) is 9.13 Å². The molecule has 9 heteroatoms. The number of hydrogen-bond acceptors (Lipinski definition) is 6. The van der Waals surface area contributed by atoms with E-state index < -0.39 is 35.9 Å². The summed E-state index contributed by atoms with van der Waals surface area (Å²) in [7, 11) is 1.55. The van der Waals surface area contributed by atoms with E-state index >= 15 is 0 Å². The number of alkyl halides is 1. The highest BCUT2D eigenvalue weighted by Gasteiger charge is 2.48. The number of rotatable bonds is 10. The summed E-state index contributed by atoms with van der Waals surface area (Å²) in [6.45, 7) is 2.13. The Balaban J connectivity index is 1.83. The maximum atomic E-state index is 14.9. The second-order valence-electron chi connectivity index (χ2n) is 7.75. The van der Waals surface area contributed by atoms with Crippen molar-refractivity contribution in [2.24, 2.45) is 0 Å². The van der Waals surface area contributed by atoms with Gasteiger partial charge in [0.2, 0.25) is 0 Å². The zero-order valence-corrected chi connectivity index (χ0v) is 17.8. The van der Waals surface area contributed by atoms with E-state index in [2.05, 4.69) is 0 Å². The first-order chi connectivity index (χ1) is 14.9. The molecule has 1 N–H and O–H groups in total. The highest BCUT2D eigenvalue weighted by atomic mass is 19.1. The van der Waals surface area contributed by atoms with Crippen LogP contribution < -0.4 is 16.0 Å². The van der Waals surface area contributed by atoms with Gasteiger partial charge in [0.05, 0.1) is 26.9 Å². The summed E-state index contributed by atoms with van der Waals surface area (Å²) in [6.07, 6.45) is 0.137. The lowest BCUT2D eigenvalue weighted by atomic mass is 10.0. The zero-order chi connectivity index (χ0) is 22.4. The van der Waals surface area contributed by atoms with Crippen LogP contribution in [0, 0.1) is 0 Å². The SMILES string of the molecule is CCCCOC[C@]1(CO)C[C@@H](F)[C@H](n2ccc(=O)n(Cc3ccc(OC)cc3)c2=O)O1. The van der Waals surface area contributed by atoms with Crippen LogP contribution in [0.2, 0.25) is 0 Å². The summed E-state index contributed by atoms with van der Waals surface area (Å²) < 4.78 is 33.5. The number of ether oxygens (including phenoxy) is 3. The molecular formula is C22H29FN2O6. The molecule has 31 heavy (non-hydrogen) atoms. The molecule has 0 bridgehead atoms. The molecule has 1 aromatic carbocycles. The Morgan fingerprint density at radius 1 is 1.26 bits per heavy atom. The molecule has 2 aromatic rings. The quantitative estimate of drug-likeness (QED) is 0.572. The topological polar surface area (TPSA) is 91.9 Å². The van der Waals surface area contributed by atoms with Gasteiger partial charge < -0.3 is 19.3 Å². The number of methoxy groups -OCH3 is 1. The molecule has 0 amide bonds. The van der Waals surface area contributed by atoms with E-state index in [0.717, 1.165) is 27.5 Å². The summed E-state index contributed by atoms with van der Waals surface area (Å²) in [6, 6.07) is 8.16. The molecule has 1 aliphatic heterocycles. The van der Waals surface area contributed by atoms with E-state index in [4.69, 9.17) is 14.2 Å². The molecule has 3 atom stereocenters. The number of benzene rings is 1. The lowest BCUT2D eigenvalue weighted by Crippen LogP contribution is -2.43. The molecule has 0 saturated carbocycles. The molecule has 0 aliphatic carbocycles. The van der Waals surface area contributed by atoms with E-state index in [1.807, 2.05) is 6.92 Å². The van der Waals surface area contributed by atoms with Gasteiger partial charge in [0.15, 0.2) is 6.23 Å². The lowest BCUT2D eigenvalue weighted by molar-refractivity contribution is -0.138. The van der Waals surface area contributed by atoms with Crippen LogP contribution in [-0.2, 0) is 16.0 Å². The van der Waals surface area contributed by atoms with Gasteiger partial charge in [0, 0.05) is 25.3 Å². The summed E-state index contributed by atoms with van der Waals surface area (Å²) in [5, 5.41) is 9.84. The van der Waals surface area contributed by atoms with Crippen molar-refractivity contribution in [2.45, 2.75) is 50.7 Å². The van der Waals surface area contributed by atoms with Gasteiger partial charge in [-0.1, -0.05) is 25.5 Å². The molecule has 1 aliphatic rings. The third-order valence-corrected chi connectivity index (χ3v) is 5.41. The number of aromatic nitrogens is 2. The van der Waals surface area contributed by atoms with Crippen LogP contribution in [-0.4, -0.2) is 52.9 Å². The summed E-state index contributed by atoms with van der Waals surface area (Å²) in [5.41, 5.74) is -1.69. The number of nitrogens with zero attached hydrogens (tertiary/aromatic N) is 2. The van der Waals surface area contributed by atoms with Crippen LogP contribution in [0.5, 0.6) is 5.75 Å². The highest BCUT2D eigenvalue weighted by molar-refractivity contribution is 5.27. The largest absolute Gasteiger partial charge is 0.497 e. The minimum absolute atomic E-state index is 0.0252. The van der Waals surface area contributed by atoms with Crippen LogP contribution in [0.4, 0.5) is 4.39 Å². The second-order valence-corrected chi connectivity index (χ2v) is 7.75. The predicted octanol–water partition coefficient (Wildman–Crippen LogP) is 1.87. The Morgan fingerprint density at radius 2 is 2.00 bits per heavy atom. The summed E-state index contributed by atoms with van der Waals surface area (Å²) in [5.74, 6) is 0.655. The first-order valence-corrected chi connectivity index (χ1v) is 10.4. The molecule has 0 radical (unpaired) electrons. The van der Waals surface area contributed by atoms with Crippen LogP contribution in [0.25, 0.3) is 0 Å². The average molecular weight is 436 g/mol. The number of aliphatic hydroxyl groups is 1. The summed E-state index contributed by atoms with van der Waals surface area (Å²) >= 11 is 0. The maximum Gasteiger partial charge on any atom is 0.333 e. The van der Waals surface area contributed by atoms with Gasteiger partial charge >= 0.3 is 5.69 Å². The average Bonchev–Trinajstić information content (AvgIpc) is 3.11. The van der Waals surface area contributed by atoms with Crippen LogP contribution in [0.15, 0.2) is 46.1 Å². The fourth-order valence-corrected chi connectivity index (χ4v) is 3.59. The van der Waals surface area contributed by atoms with Gasteiger partial charge in [-0.3, -0.25) is 13.9 Å². The van der Waals surface area contributed by atoms with Crippen molar-refractivity contribution in [1.29, 1.82) is 0 Å². The standard InChI is InChI=1S/C22H29FN2O6/c1-3-4-11-30-15-22(14-26)12-18(23)20(31-22)24-10-9-19(27)25(21(24)28)13-16-5-7-17(29-2)8-6-16/h5-10,18,20,26H,3-4,11-15H2,1-2H3/t18-,20-,22-/m1/s1. The fourth-order valence-electron chi connectivity index (χ4n) is 3.59. The predicted molar refractivity (Wildman–Crippen MR) is 112 cm³/mol. The third kappa shape index (κ3) is 5.23. The van der Waals surface area contributed by atoms with Crippen molar-refractivity contribution in [2.75, 3.05) is 26.9 Å². The van der Waals surface area contributed by atoms with Crippen molar-refractivity contribution < 1.29 is 23.7 Å². The third-order valence-electron chi connectivity index (χ3n) is 5.41. The van der Waals surface area contributed by atoms with Crippen molar-refractivity contribution >= 4 is 0 Å². The molecule has 0 unspecified atom stereocenters. The normalized spacial score (nSPS) is 23.2. The van der Waals surface area contributed by atoms with Gasteiger partial charge in [-0.2, -0.15) is 0 Å². The molecule has 3 rings (SSSR count). The van der Waals surface area contributed by atoms with Gasteiger partial charge in [-0.05, 0) is 24.1 Å². The Bertz CT molecular complexity index is 973. The van der Waals surface area contributed by atoms with Gasteiger partial charge in [-0.15, -0.1) is 0 Å². The van der Waals surface area contributed by atoms with Crippen molar-refractivity contribution in [3.63, 3.8) is 0 Å². The number of hydrogen-bond donors (Lipinski definition) is 1. The Morgan fingerprint density at radius 3 is 2.65 bits per heavy atom. The highest BCUT2D eigenvalue weighted by Crippen LogP contribution is 2.38. The minimum Gasteiger partial charge on any atom is -0.497 e. The fraction of sp³-hybridized carbons (Fsp3) is 0.545. The van der Waals surface area contributed by atoms with Gasteiger partial charge in [0.25, 0.3) is 5.56 Å². The monoisotopic (exact) mass is 436 g/mol. The molecule has 1 aromatic heterocycles. The number of unbranched alkanes of at least 4 members (excludes halogenated alkanes) is 1. The molecule has 170 valence electrons. The van der Waals surface area contributed by atoms with E-state index in [-0.39, 0.29) is 19.6 Å². The Hall–Kier alpha value is -2.49. The second kappa shape index (κ2) is 10.2. The Kier molecular flexibility index (Phi) is 7.64. The van der Waals surface area contributed by atoms with Crippen molar-refractivity contribution in [3.8, 4) is 5.75 Å². The zero-order valence-electron chi connectivity index (χ0n) is 17.8. The molecular weight excluding hydrogens is 407 g/mol. The van der Waals surface area contributed by atoms with E-state index in [1.165, 1.54) is 12.3 Å². The molecule has 2 heterocycles. The number of halogens is 1. The minimum atomic E-state index is -1.54. The van der Waals surface area contributed by atoms with E-state index in [1.54, 1.807) is 31.4 Å². The van der Waals surface area contributed by atoms with E-state index in [9.17, 15) is 19.1 Å². The maximum absolute atomic E-state index is 14.9. The van der Waals surface area contributed by atoms with Crippen LogP contribution in [0.1, 0.15) is 38.0 Å². The van der Waals surface area contributed by atoms with Crippen LogP contribution in [0.3, 0.4) is 0 Å². The van der Waals surface area contributed by atoms with Crippen molar-refractivity contribution in [3.05, 3.63) is 62.9 Å². The molecule has 1 fully saturated rings. The smallest absolute Gasteiger partial charge is 0.333 e. The van der Waals surface area contributed by atoms with Gasteiger partial charge in [0.1, 0.15) is 17.5 Å². The first kappa shape index (κ1) is 23.2. The van der Waals surface area contributed by atoms with Gasteiger partial charge in [-0.25, -0.2) is 9.18 Å². The molecule has 8 nitrogen and oxygen atoms in total. The Labute approximate surface area is 179 Å². The first-order valence-electron chi connectivity index (χ1n) is 10.4. The summed E-state index contributed by atoms with van der Waals surface area (Å²) in [4.78, 5) is 25.3. The lowest BCUT2D eigenvalue weighted by Gasteiger charge is -2.27. The molecule has 0 spiro atoms. The van der Waals surface area contributed by atoms with E-state index in [0.29, 0.717) is 12.4 Å². The molecule has 1 saturated heterocycles. The van der Waals surface area contributed by atoms with Crippen LogP contribution >= 0.6 is 0 Å².